The lowest BCUT2D eigenvalue weighted by atomic mass is 9.88. The van der Waals surface area contributed by atoms with Gasteiger partial charge in [-0.3, -0.25) is 0 Å². The summed E-state index contributed by atoms with van der Waals surface area (Å²) in [5, 5.41) is 2.40. The molecule has 0 saturated heterocycles. The van der Waals surface area contributed by atoms with Crippen molar-refractivity contribution in [2.75, 3.05) is 0 Å². The van der Waals surface area contributed by atoms with Gasteiger partial charge in [-0.25, -0.2) is 5.48 Å². The summed E-state index contributed by atoms with van der Waals surface area (Å²) in [7, 11) is 0. The van der Waals surface area contributed by atoms with Crippen LogP contribution in [-0.2, 0) is 0 Å². The summed E-state index contributed by atoms with van der Waals surface area (Å²) in [5.41, 5.74) is 8.73. The van der Waals surface area contributed by atoms with Crippen LogP contribution >= 0.6 is 0 Å². The van der Waals surface area contributed by atoms with E-state index in [1.54, 1.807) is 0 Å². The van der Waals surface area contributed by atoms with Crippen molar-refractivity contribution >= 4 is 22.0 Å². The van der Waals surface area contributed by atoms with Crippen LogP contribution in [0.2, 0.25) is 0 Å². The lowest BCUT2D eigenvalue weighted by Crippen LogP contribution is -2.23. The zero-order chi connectivity index (χ0) is 17.3. The average Bonchev–Trinajstić information content (AvgIpc) is 2.74. The van der Waals surface area contributed by atoms with Crippen LogP contribution in [0.3, 0.4) is 0 Å². The normalized spacial score (nSPS) is 13.1. The van der Waals surface area contributed by atoms with E-state index in [2.05, 4.69) is 72.2 Å². The fourth-order valence-corrected chi connectivity index (χ4v) is 3.58. The van der Waals surface area contributed by atoms with Crippen LogP contribution in [-0.4, -0.2) is 0 Å². The first kappa shape index (κ1) is 14.8. The second kappa shape index (κ2) is 6.08. The molecule has 1 N–H and O–H groups in total. The van der Waals surface area contributed by atoms with E-state index in [1.165, 1.54) is 16.3 Å². The average molecular weight is 335 g/mol. The molecule has 0 aliphatic carbocycles. The van der Waals surface area contributed by atoms with Crippen LogP contribution in [0.15, 0.2) is 97.1 Å². The second-order valence-electron chi connectivity index (χ2n) is 6.35. The molecule has 0 atom stereocenters. The van der Waals surface area contributed by atoms with Crippen LogP contribution in [0, 0.1) is 0 Å². The number of nitrogens with one attached hydrogen (secondary N) is 1. The van der Waals surface area contributed by atoms with E-state index in [-0.39, 0.29) is 0 Å². The van der Waals surface area contributed by atoms with Crippen LogP contribution in [0.1, 0.15) is 16.7 Å². The molecule has 4 aromatic carbocycles. The molecule has 26 heavy (non-hydrogen) atoms. The Hall–Kier alpha value is -3.52. The van der Waals surface area contributed by atoms with Gasteiger partial charge in [0, 0.05) is 16.7 Å². The highest BCUT2D eigenvalue weighted by atomic mass is 16.6. The Bertz CT molecular complexity index is 1110. The Balaban J connectivity index is 1.89. The third-order valence-electron chi connectivity index (χ3n) is 4.78. The van der Waals surface area contributed by atoms with Crippen molar-refractivity contribution in [2.24, 2.45) is 0 Å². The van der Waals surface area contributed by atoms with Gasteiger partial charge in [0.05, 0.1) is 5.70 Å². The molecule has 2 heteroatoms. The number of hydrogen-bond acceptors (Lipinski definition) is 2. The van der Waals surface area contributed by atoms with Gasteiger partial charge in [-0.15, -0.1) is 0 Å². The van der Waals surface area contributed by atoms with E-state index < -0.39 is 0 Å². The molecular weight excluding hydrogens is 318 g/mol. The summed E-state index contributed by atoms with van der Waals surface area (Å²) >= 11 is 0. The number of benzene rings is 4. The first-order valence-corrected chi connectivity index (χ1v) is 8.72. The van der Waals surface area contributed by atoms with E-state index in [9.17, 15) is 0 Å². The van der Waals surface area contributed by atoms with Gasteiger partial charge in [0.25, 0.3) is 0 Å². The quantitative estimate of drug-likeness (QED) is 0.511. The Morgan fingerprint density at radius 1 is 0.577 bits per heavy atom. The van der Waals surface area contributed by atoms with Crippen molar-refractivity contribution in [3.8, 4) is 5.75 Å². The molecule has 4 aromatic rings. The minimum atomic E-state index is 0.849. The van der Waals surface area contributed by atoms with Crippen LogP contribution in [0.4, 0.5) is 0 Å². The van der Waals surface area contributed by atoms with E-state index in [0.29, 0.717) is 0 Å². The fourth-order valence-electron chi connectivity index (χ4n) is 3.58. The summed E-state index contributed by atoms with van der Waals surface area (Å²) in [4.78, 5) is 5.94. The molecule has 1 aliphatic rings. The molecule has 0 fully saturated rings. The predicted molar refractivity (Wildman–Crippen MR) is 107 cm³/mol. The van der Waals surface area contributed by atoms with E-state index in [4.69, 9.17) is 4.84 Å². The van der Waals surface area contributed by atoms with Gasteiger partial charge in [0.1, 0.15) is 0 Å². The highest BCUT2D eigenvalue weighted by Gasteiger charge is 2.24. The third-order valence-corrected chi connectivity index (χ3v) is 4.78. The predicted octanol–water partition coefficient (Wildman–Crippen LogP) is 5.65. The maximum atomic E-state index is 5.94. The van der Waals surface area contributed by atoms with Crippen molar-refractivity contribution in [1.82, 2.24) is 5.48 Å². The maximum Gasteiger partial charge on any atom is 0.163 e. The van der Waals surface area contributed by atoms with E-state index in [1.807, 2.05) is 30.3 Å². The van der Waals surface area contributed by atoms with Crippen molar-refractivity contribution in [1.29, 1.82) is 0 Å². The zero-order valence-corrected chi connectivity index (χ0v) is 14.1. The first-order valence-electron chi connectivity index (χ1n) is 8.72. The maximum absolute atomic E-state index is 5.94. The van der Waals surface area contributed by atoms with Gasteiger partial charge in [-0.2, -0.15) is 0 Å². The molecule has 0 amide bonds. The Labute approximate surface area is 152 Å². The Morgan fingerprint density at radius 2 is 1.23 bits per heavy atom. The Kier molecular flexibility index (Phi) is 3.46. The third kappa shape index (κ3) is 2.35. The SMILES string of the molecule is c1ccc(C2=C(c3ccccc3)c3c(ccc4ccccc34)ON2)cc1. The summed E-state index contributed by atoms with van der Waals surface area (Å²) < 4.78 is 0. The van der Waals surface area contributed by atoms with Crippen molar-refractivity contribution in [3.63, 3.8) is 0 Å². The second-order valence-corrected chi connectivity index (χ2v) is 6.35. The minimum absolute atomic E-state index is 0.849. The molecular formula is C24H17NO. The summed E-state index contributed by atoms with van der Waals surface area (Å²) in [6.07, 6.45) is 0. The molecule has 5 rings (SSSR count). The van der Waals surface area contributed by atoms with Gasteiger partial charge < -0.3 is 4.84 Å². The van der Waals surface area contributed by atoms with Crippen molar-refractivity contribution in [3.05, 3.63) is 114 Å². The van der Waals surface area contributed by atoms with Gasteiger partial charge in [-0.05, 0) is 22.4 Å². The molecule has 2 nitrogen and oxygen atoms in total. The summed E-state index contributed by atoms with van der Waals surface area (Å²) in [5.74, 6) is 0.849. The molecule has 124 valence electrons. The molecule has 0 spiro atoms. The van der Waals surface area contributed by atoms with E-state index >= 15 is 0 Å². The lowest BCUT2D eigenvalue weighted by Gasteiger charge is -2.26. The zero-order valence-electron chi connectivity index (χ0n) is 14.1. The molecule has 1 heterocycles. The van der Waals surface area contributed by atoms with Gasteiger partial charge in [-0.1, -0.05) is 91.0 Å². The summed E-state index contributed by atoms with van der Waals surface area (Å²) in [6.45, 7) is 0. The summed E-state index contributed by atoms with van der Waals surface area (Å²) in [6, 6.07) is 33.4. The first-order chi connectivity index (χ1) is 12.9. The largest absolute Gasteiger partial charge is 0.381 e. The molecule has 0 unspecified atom stereocenters. The molecule has 0 saturated carbocycles. The van der Waals surface area contributed by atoms with Crippen molar-refractivity contribution in [2.45, 2.75) is 0 Å². The van der Waals surface area contributed by atoms with Crippen LogP contribution < -0.4 is 10.3 Å². The van der Waals surface area contributed by atoms with E-state index in [0.717, 1.165) is 28.1 Å². The van der Waals surface area contributed by atoms with Gasteiger partial charge >= 0.3 is 0 Å². The molecule has 0 bridgehead atoms. The minimum Gasteiger partial charge on any atom is -0.381 e. The molecule has 0 aromatic heterocycles. The van der Waals surface area contributed by atoms with Crippen molar-refractivity contribution < 1.29 is 4.84 Å². The number of hydrogen-bond donors (Lipinski definition) is 1. The standard InChI is InChI=1S/C24H17NO/c1-3-10-18(11-4-1)22-23-20-14-8-7-9-17(20)15-16-21(23)26-25-24(22)19-12-5-2-6-13-19/h1-16,25H. The number of rotatable bonds is 2. The molecule has 1 aliphatic heterocycles. The monoisotopic (exact) mass is 335 g/mol. The van der Waals surface area contributed by atoms with Gasteiger partial charge in [0.2, 0.25) is 0 Å². The van der Waals surface area contributed by atoms with Crippen LogP contribution in [0.25, 0.3) is 22.0 Å². The van der Waals surface area contributed by atoms with Gasteiger partial charge in [0.15, 0.2) is 5.75 Å². The smallest absolute Gasteiger partial charge is 0.163 e. The number of fused-ring (bicyclic) bond motifs is 3. The highest BCUT2D eigenvalue weighted by Crippen LogP contribution is 2.42. The lowest BCUT2D eigenvalue weighted by molar-refractivity contribution is 0.249. The highest BCUT2D eigenvalue weighted by molar-refractivity contribution is 6.08. The molecule has 0 radical (unpaired) electrons. The topological polar surface area (TPSA) is 21.3 Å². The fraction of sp³-hybridized carbons (Fsp3) is 0. The number of hydroxylamine groups is 1. The van der Waals surface area contributed by atoms with Crippen LogP contribution in [0.5, 0.6) is 5.75 Å². The Morgan fingerprint density at radius 3 is 2.00 bits per heavy atom.